The van der Waals surface area contributed by atoms with E-state index in [1.165, 1.54) is 12.1 Å². The molecule has 1 fully saturated rings. The Balaban J connectivity index is 1.74. The number of primary amides is 1. The van der Waals surface area contributed by atoms with Crippen molar-refractivity contribution in [2.45, 2.75) is 11.8 Å². The van der Waals surface area contributed by atoms with Crippen molar-refractivity contribution in [1.29, 1.82) is 0 Å². The topological polar surface area (TPSA) is 52.3 Å². The number of quaternary nitrogens is 1. The van der Waals surface area contributed by atoms with Gasteiger partial charge in [-0.05, 0) is 23.3 Å². The largest absolute Gasteiger partial charge is 0.369 e. The molecule has 0 radical (unpaired) electrons. The molecule has 0 bridgehead atoms. The van der Waals surface area contributed by atoms with Gasteiger partial charge in [-0.15, -0.1) is 4.65 Å². The highest BCUT2D eigenvalue weighted by Crippen LogP contribution is 2.45. The van der Waals surface area contributed by atoms with E-state index in [-0.39, 0.29) is 16.3 Å². The molecule has 2 N–H and O–H groups in total. The second-order valence-electron chi connectivity index (χ2n) is 8.26. The molecule has 1 aliphatic heterocycles. The van der Waals surface area contributed by atoms with Gasteiger partial charge in [-0.25, -0.2) is 8.78 Å². The lowest BCUT2D eigenvalue weighted by Crippen LogP contribution is -2.52. The zero-order chi connectivity index (χ0) is 22.1. The van der Waals surface area contributed by atoms with Crippen molar-refractivity contribution in [3.8, 4) is 5.75 Å². The summed E-state index contributed by atoms with van der Waals surface area (Å²) in [5.41, 5.74) is 6.70. The second kappa shape index (κ2) is 8.12. The number of hydroxylamine groups is 3. The average Bonchev–Trinajstić information content (AvgIpc) is 3.14. The summed E-state index contributed by atoms with van der Waals surface area (Å²) in [6.45, 7) is 0.986. The summed E-state index contributed by atoms with van der Waals surface area (Å²) in [6.07, 6.45) is 0.645. The molecule has 4 nitrogen and oxygen atoms in total. The van der Waals surface area contributed by atoms with Crippen LogP contribution in [0, 0.1) is 17.6 Å². The molecule has 4 rings (SSSR count). The number of carbonyl (C=O) groups excluding carboxylic acids is 1. The first kappa shape index (κ1) is 21.0. The number of benzene rings is 3. The SMILES string of the molecule is C[N+]1(Oc2ccc(F)cc2F)CCC(C(C(N)=O)(c2ccccc2)c2ccccc2)C1. The van der Waals surface area contributed by atoms with E-state index in [4.69, 9.17) is 10.6 Å². The zero-order valence-electron chi connectivity index (χ0n) is 17.3. The molecule has 3 aromatic rings. The molecule has 2 atom stereocenters. The van der Waals surface area contributed by atoms with Gasteiger partial charge >= 0.3 is 0 Å². The summed E-state index contributed by atoms with van der Waals surface area (Å²) in [5, 5.41) is 0. The minimum absolute atomic E-state index is 0.0198. The predicted octanol–water partition coefficient (Wildman–Crippen LogP) is 4.20. The number of nitrogens with zero attached hydrogens (tertiary/aromatic N) is 1. The van der Waals surface area contributed by atoms with Gasteiger partial charge in [-0.3, -0.25) is 4.79 Å². The normalized spacial score (nSPS) is 21.1. The van der Waals surface area contributed by atoms with Crippen molar-refractivity contribution in [3.63, 3.8) is 0 Å². The van der Waals surface area contributed by atoms with Gasteiger partial charge < -0.3 is 10.6 Å². The van der Waals surface area contributed by atoms with Crippen molar-refractivity contribution in [2.24, 2.45) is 11.7 Å². The lowest BCUT2D eigenvalue weighted by molar-refractivity contribution is -1.06. The Hall–Kier alpha value is -3.25. The van der Waals surface area contributed by atoms with Crippen molar-refractivity contribution in [1.82, 2.24) is 0 Å². The van der Waals surface area contributed by atoms with E-state index in [9.17, 15) is 13.6 Å². The van der Waals surface area contributed by atoms with Crippen LogP contribution in [0.4, 0.5) is 8.78 Å². The molecule has 160 valence electrons. The molecule has 1 heterocycles. The van der Waals surface area contributed by atoms with E-state index in [0.29, 0.717) is 19.5 Å². The van der Waals surface area contributed by atoms with Crippen LogP contribution in [0.1, 0.15) is 17.5 Å². The highest BCUT2D eigenvalue weighted by Gasteiger charge is 2.54. The molecular formula is C25H25F2N2O2+. The first-order chi connectivity index (χ1) is 14.8. The van der Waals surface area contributed by atoms with E-state index in [1.807, 2.05) is 67.7 Å². The molecule has 0 saturated carbocycles. The number of carbonyl (C=O) groups is 1. The fourth-order valence-electron chi connectivity index (χ4n) is 4.83. The Bertz CT molecular complexity index is 1040. The van der Waals surface area contributed by atoms with Gasteiger partial charge in [0.25, 0.3) is 0 Å². The quantitative estimate of drug-likeness (QED) is 0.605. The first-order valence-electron chi connectivity index (χ1n) is 10.3. The van der Waals surface area contributed by atoms with Gasteiger partial charge in [0.05, 0.1) is 0 Å². The van der Waals surface area contributed by atoms with Crippen molar-refractivity contribution in [2.75, 3.05) is 20.1 Å². The summed E-state index contributed by atoms with van der Waals surface area (Å²) in [5.74, 6) is -2.05. The van der Waals surface area contributed by atoms with Crippen LogP contribution in [0.3, 0.4) is 0 Å². The molecule has 1 amide bonds. The summed E-state index contributed by atoms with van der Waals surface area (Å²) in [4.78, 5) is 19.1. The number of likely N-dealkylation sites (tertiary alicyclic amines) is 1. The fourth-order valence-corrected chi connectivity index (χ4v) is 4.83. The number of rotatable bonds is 6. The minimum Gasteiger partial charge on any atom is -0.369 e. The molecule has 31 heavy (non-hydrogen) atoms. The van der Waals surface area contributed by atoms with Gasteiger partial charge in [-0.2, -0.15) is 0 Å². The predicted molar refractivity (Wildman–Crippen MR) is 114 cm³/mol. The van der Waals surface area contributed by atoms with Crippen LogP contribution in [-0.2, 0) is 10.2 Å². The number of halogens is 2. The second-order valence-corrected chi connectivity index (χ2v) is 8.26. The van der Waals surface area contributed by atoms with Crippen LogP contribution < -0.4 is 10.6 Å². The van der Waals surface area contributed by atoms with E-state index in [2.05, 4.69) is 0 Å². The Morgan fingerprint density at radius 1 is 1.00 bits per heavy atom. The molecular weight excluding hydrogens is 398 g/mol. The molecule has 0 aliphatic carbocycles. The van der Waals surface area contributed by atoms with E-state index in [1.54, 1.807) is 0 Å². The molecule has 1 saturated heterocycles. The van der Waals surface area contributed by atoms with E-state index in [0.717, 1.165) is 17.2 Å². The van der Waals surface area contributed by atoms with Crippen LogP contribution in [-0.4, -0.2) is 30.7 Å². The van der Waals surface area contributed by atoms with Crippen LogP contribution in [0.25, 0.3) is 0 Å². The van der Waals surface area contributed by atoms with Gasteiger partial charge in [0, 0.05) is 18.4 Å². The summed E-state index contributed by atoms with van der Waals surface area (Å²) >= 11 is 0. The standard InChI is InChI=1S/C25H24F2N2O2/c1-29(31-23-13-12-21(26)16-22(23)27)15-14-20(17-29)25(24(28)30,18-8-4-2-5-9-18)19-10-6-3-7-11-19/h2-13,16,20H,14-15,17H2,1H3,(H-,28,30)/p+1. The van der Waals surface area contributed by atoms with E-state index >= 15 is 0 Å². The lowest BCUT2D eigenvalue weighted by atomic mass is 9.64. The van der Waals surface area contributed by atoms with Gasteiger partial charge in [0.2, 0.25) is 11.7 Å². The molecule has 2 unspecified atom stereocenters. The zero-order valence-corrected chi connectivity index (χ0v) is 17.3. The third-order valence-electron chi connectivity index (χ3n) is 6.23. The van der Waals surface area contributed by atoms with Gasteiger partial charge in [-0.1, -0.05) is 60.7 Å². The third kappa shape index (κ3) is 3.79. The molecule has 6 heteroatoms. The maximum Gasteiger partial charge on any atom is 0.233 e. The molecule has 0 aromatic heterocycles. The minimum atomic E-state index is -1.05. The van der Waals surface area contributed by atoms with Crippen LogP contribution in [0.5, 0.6) is 5.75 Å². The van der Waals surface area contributed by atoms with Crippen LogP contribution in [0.2, 0.25) is 0 Å². The van der Waals surface area contributed by atoms with E-state index < -0.39 is 23.0 Å². The number of nitrogens with two attached hydrogens (primary N) is 1. The van der Waals surface area contributed by atoms with Crippen LogP contribution in [0.15, 0.2) is 78.9 Å². The van der Waals surface area contributed by atoms with Crippen molar-refractivity contribution < 1.29 is 23.1 Å². The Morgan fingerprint density at radius 3 is 2.10 bits per heavy atom. The van der Waals surface area contributed by atoms with Crippen molar-refractivity contribution in [3.05, 3.63) is 102 Å². The van der Waals surface area contributed by atoms with Gasteiger partial charge in [0.1, 0.15) is 31.4 Å². The number of hydrogen-bond acceptors (Lipinski definition) is 2. The van der Waals surface area contributed by atoms with Crippen LogP contribution >= 0.6 is 0 Å². The monoisotopic (exact) mass is 423 g/mol. The lowest BCUT2D eigenvalue weighted by Gasteiger charge is -2.37. The Labute approximate surface area is 180 Å². The highest BCUT2D eigenvalue weighted by molar-refractivity contribution is 5.91. The third-order valence-corrected chi connectivity index (χ3v) is 6.23. The van der Waals surface area contributed by atoms with Crippen molar-refractivity contribution >= 4 is 5.91 Å². The smallest absolute Gasteiger partial charge is 0.233 e. The molecule has 0 spiro atoms. The maximum absolute atomic E-state index is 14.2. The highest BCUT2D eigenvalue weighted by atomic mass is 19.1. The number of amides is 1. The first-order valence-corrected chi connectivity index (χ1v) is 10.3. The molecule has 1 aliphatic rings. The Morgan fingerprint density at radius 2 is 1.58 bits per heavy atom. The fraction of sp³-hybridized carbons (Fsp3) is 0.240. The summed E-state index contributed by atoms with van der Waals surface area (Å²) in [6, 6.07) is 22.3. The summed E-state index contributed by atoms with van der Waals surface area (Å²) < 4.78 is 27.6. The Kier molecular flexibility index (Phi) is 5.50. The maximum atomic E-state index is 14.2. The average molecular weight is 423 g/mol. The van der Waals surface area contributed by atoms with Gasteiger partial charge in [0.15, 0.2) is 5.82 Å². The molecule has 3 aromatic carbocycles. The summed E-state index contributed by atoms with van der Waals surface area (Å²) in [7, 11) is 1.84. The number of hydrogen-bond donors (Lipinski definition) is 1.